The van der Waals surface area contributed by atoms with Gasteiger partial charge in [0.25, 0.3) is 0 Å². The quantitative estimate of drug-likeness (QED) is 0.387. The van der Waals surface area contributed by atoms with E-state index in [1.807, 2.05) is 48.8 Å². The molecular weight excluding hydrogens is 382 g/mol. The van der Waals surface area contributed by atoms with Gasteiger partial charge in [-0.25, -0.2) is 4.98 Å². The van der Waals surface area contributed by atoms with Gasteiger partial charge in [0.15, 0.2) is 0 Å². The summed E-state index contributed by atoms with van der Waals surface area (Å²) in [4.78, 5) is 13.4. The van der Waals surface area contributed by atoms with Crippen molar-refractivity contribution in [3.63, 3.8) is 0 Å². The van der Waals surface area contributed by atoms with Crippen LogP contribution in [0.15, 0.2) is 110 Å². The zero-order valence-electron chi connectivity index (χ0n) is 16.7. The fraction of sp³-hybridized carbons (Fsp3) is 0. The molecule has 31 heavy (non-hydrogen) atoms. The zero-order valence-corrected chi connectivity index (χ0v) is 16.7. The number of aromatic nitrogens is 3. The lowest BCUT2D eigenvalue weighted by Crippen LogP contribution is -1.92. The summed E-state index contributed by atoms with van der Waals surface area (Å²) < 4.78 is 0. The highest BCUT2D eigenvalue weighted by atomic mass is 16.3. The van der Waals surface area contributed by atoms with Crippen molar-refractivity contribution < 1.29 is 5.11 Å². The third-order valence-corrected chi connectivity index (χ3v) is 5.16. The molecule has 0 aliphatic carbocycles. The zero-order chi connectivity index (χ0) is 21.0. The fourth-order valence-electron chi connectivity index (χ4n) is 3.53. The molecule has 0 saturated carbocycles. The Bertz CT molecular complexity index is 1240. The van der Waals surface area contributed by atoms with Crippen molar-refractivity contribution in [1.29, 1.82) is 0 Å². The van der Waals surface area contributed by atoms with Crippen molar-refractivity contribution in [2.75, 3.05) is 0 Å². The summed E-state index contributed by atoms with van der Waals surface area (Å²) in [5, 5.41) is 9.52. The summed E-state index contributed by atoms with van der Waals surface area (Å²) in [6, 6.07) is 27.7. The first-order valence-electron chi connectivity index (χ1n) is 9.99. The van der Waals surface area contributed by atoms with E-state index in [1.54, 1.807) is 24.5 Å². The lowest BCUT2D eigenvalue weighted by Gasteiger charge is -2.11. The van der Waals surface area contributed by atoms with E-state index in [4.69, 9.17) is 4.98 Å². The highest BCUT2D eigenvalue weighted by Crippen LogP contribution is 2.31. The molecule has 0 aliphatic heterocycles. The van der Waals surface area contributed by atoms with Gasteiger partial charge in [0, 0.05) is 35.9 Å². The monoisotopic (exact) mass is 401 g/mol. The molecule has 0 atom stereocenters. The predicted octanol–water partition coefficient (Wildman–Crippen LogP) is 6.25. The lowest BCUT2D eigenvalue weighted by molar-refractivity contribution is 0.475. The summed E-state index contributed by atoms with van der Waals surface area (Å²) in [6.07, 6.45) is 7.18. The maximum absolute atomic E-state index is 9.52. The Labute approximate surface area is 180 Å². The van der Waals surface area contributed by atoms with Crippen LogP contribution in [0, 0.1) is 0 Å². The van der Waals surface area contributed by atoms with Crippen molar-refractivity contribution in [1.82, 2.24) is 15.0 Å². The highest BCUT2D eigenvalue weighted by Gasteiger charge is 2.09. The molecule has 4 heteroatoms. The summed E-state index contributed by atoms with van der Waals surface area (Å²) in [7, 11) is 0. The molecule has 2 aromatic carbocycles. The van der Waals surface area contributed by atoms with Crippen LogP contribution in [0.3, 0.4) is 0 Å². The second kappa shape index (κ2) is 8.20. The number of pyridine rings is 3. The molecule has 0 amide bonds. The van der Waals surface area contributed by atoms with Gasteiger partial charge in [-0.15, -0.1) is 0 Å². The number of benzene rings is 2. The molecule has 3 heterocycles. The van der Waals surface area contributed by atoms with E-state index in [-0.39, 0.29) is 5.75 Å². The number of aromatic hydroxyl groups is 1. The molecule has 0 bridgehead atoms. The molecule has 0 aliphatic rings. The molecule has 0 radical (unpaired) electrons. The number of nitrogens with zero attached hydrogens (tertiary/aromatic N) is 3. The Hall–Kier alpha value is -4.31. The number of rotatable bonds is 4. The van der Waals surface area contributed by atoms with Crippen LogP contribution in [-0.2, 0) is 0 Å². The van der Waals surface area contributed by atoms with Crippen molar-refractivity contribution in [2.45, 2.75) is 0 Å². The SMILES string of the molecule is Oc1ccc(-c2ccc(-c3cc(-c4cccnc4)nc(-c4cccnc4)c3)cc2)cc1. The van der Waals surface area contributed by atoms with Gasteiger partial charge in [-0.3, -0.25) is 9.97 Å². The minimum absolute atomic E-state index is 0.267. The number of phenolic OH excluding ortho intramolecular Hbond substituents is 1. The molecule has 0 fully saturated rings. The van der Waals surface area contributed by atoms with Crippen LogP contribution in [0.5, 0.6) is 5.75 Å². The summed E-state index contributed by atoms with van der Waals surface area (Å²) in [5.41, 5.74) is 8.00. The van der Waals surface area contributed by atoms with Crippen LogP contribution in [0.2, 0.25) is 0 Å². The molecule has 0 saturated heterocycles. The predicted molar refractivity (Wildman–Crippen MR) is 123 cm³/mol. The van der Waals surface area contributed by atoms with E-state index in [0.717, 1.165) is 44.8 Å². The van der Waals surface area contributed by atoms with Gasteiger partial charge in [-0.2, -0.15) is 0 Å². The van der Waals surface area contributed by atoms with Gasteiger partial charge < -0.3 is 5.11 Å². The minimum Gasteiger partial charge on any atom is -0.508 e. The molecule has 0 spiro atoms. The first kappa shape index (κ1) is 18.7. The molecular formula is C27H19N3O. The van der Waals surface area contributed by atoms with Crippen LogP contribution in [-0.4, -0.2) is 20.1 Å². The highest BCUT2D eigenvalue weighted by molar-refractivity contribution is 5.77. The second-order valence-electron chi connectivity index (χ2n) is 7.23. The van der Waals surface area contributed by atoms with Gasteiger partial charge in [-0.05, 0) is 70.8 Å². The van der Waals surface area contributed by atoms with Gasteiger partial charge in [0.05, 0.1) is 11.4 Å². The summed E-state index contributed by atoms with van der Waals surface area (Å²) in [6.45, 7) is 0. The molecule has 148 valence electrons. The molecule has 3 aromatic heterocycles. The maximum Gasteiger partial charge on any atom is 0.115 e. The molecule has 0 unspecified atom stereocenters. The van der Waals surface area contributed by atoms with E-state index in [9.17, 15) is 5.11 Å². The Morgan fingerprint density at radius 2 is 0.935 bits per heavy atom. The Kier molecular flexibility index (Phi) is 4.95. The Balaban J connectivity index is 1.58. The average Bonchev–Trinajstić information content (AvgIpc) is 2.85. The summed E-state index contributed by atoms with van der Waals surface area (Å²) in [5.74, 6) is 0.267. The smallest absolute Gasteiger partial charge is 0.115 e. The van der Waals surface area contributed by atoms with E-state index in [0.29, 0.717) is 0 Å². The lowest BCUT2D eigenvalue weighted by atomic mass is 9.98. The molecule has 4 nitrogen and oxygen atoms in total. The third kappa shape index (κ3) is 4.05. The van der Waals surface area contributed by atoms with Gasteiger partial charge in [0.1, 0.15) is 5.75 Å². The summed E-state index contributed by atoms with van der Waals surface area (Å²) >= 11 is 0. The van der Waals surface area contributed by atoms with Crippen LogP contribution >= 0.6 is 0 Å². The largest absolute Gasteiger partial charge is 0.508 e. The molecule has 1 N–H and O–H groups in total. The van der Waals surface area contributed by atoms with Gasteiger partial charge in [-0.1, -0.05) is 36.4 Å². The van der Waals surface area contributed by atoms with Crippen molar-refractivity contribution in [3.05, 3.63) is 110 Å². The number of hydrogen-bond donors (Lipinski definition) is 1. The Morgan fingerprint density at radius 3 is 1.39 bits per heavy atom. The van der Waals surface area contributed by atoms with Gasteiger partial charge in [0.2, 0.25) is 0 Å². The second-order valence-corrected chi connectivity index (χ2v) is 7.23. The van der Waals surface area contributed by atoms with Crippen molar-refractivity contribution >= 4 is 0 Å². The van der Waals surface area contributed by atoms with Crippen molar-refractivity contribution in [2.24, 2.45) is 0 Å². The molecule has 5 aromatic rings. The third-order valence-electron chi connectivity index (χ3n) is 5.16. The number of hydrogen-bond acceptors (Lipinski definition) is 4. The first-order chi connectivity index (χ1) is 15.3. The van der Waals surface area contributed by atoms with E-state index < -0.39 is 0 Å². The van der Waals surface area contributed by atoms with Crippen LogP contribution in [0.1, 0.15) is 0 Å². The average molecular weight is 401 g/mol. The topological polar surface area (TPSA) is 58.9 Å². The van der Waals surface area contributed by atoms with E-state index in [2.05, 4.69) is 46.4 Å². The van der Waals surface area contributed by atoms with Crippen LogP contribution < -0.4 is 0 Å². The Morgan fingerprint density at radius 1 is 0.484 bits per heavy atom. The maximum atomic E-state index is 9.52. The normalized spacial score (nSPS) is 10.7. The molecule has 5 rings (SSSR count). The van der Waals surface area contributed by atoms with E-state index in [1.165, 1.54) is 0 Å². The fourth-order valence-corrected chi connectivity index (χ4v) is 3.53. The first-order valence-corrected chi connectivity index (χ1v) is 9.99. The standard InChI is InChI=1S/C27H19N3O/c31-25-11-9-20(10-12-25)19-5-7-21(8-6-19)24-15-26(22-3-1-13-28-17-22)30-27(16-24)23-4-2-14-29-18-23/h1-18,31H. The number of phenols is 1. The van der Waals surface area contributed by atoms with Crippen LogP contribution in [0.4, 0.5) is 0 Å². The van der Waals surface area contributed by atoms with E-state index >= 15 is 0 Å². The van der Waals surface area contributed by atoms with Gasteiger partial charge >= 0.3 is 0 Å². The minimum atomic E-state index is 0.267. The van der Waals surface area contributed by atoms with Crippen molar-refractivity contribution in [3.8, 4) is 50.5 Å². The van der Waals surface area contributed by atoms with Crippen LogP contribution in [0.25, 0.3) is 44.8 Å².